The van der Waals surface area contributed by atoms with Crippen LogP contribution in [0.3, 0.4) is 0 Å². The number of nitriles is 1. The number of hydrogen-bond donors (Lipinski definition) is 1. The molecule has 2 aliphatic rings. The first-order valence-corrected chi connectivity index (χ1v) is 11.3. The van der Waals surface area contributed by atoms with Crippen LogP contribution in [0.2, 0.25) is 0 Å². The fourth-order valence-corrected chi connectivity index (χ4v) is 5.78. The summed E-state index contributed by atoms with van der Waals surface area (Å²) in [4.78, 5) is 13.7. The summed E-state index contributed by atoms with van der Waals surface area (Å²) in [6.07, 6.45) is 5.41. The molecule has 2 aromatic rings. The van der Waals surface area contributed by atoms with Crippen LogP contribution in [0.1, 0.15) is 60.9 Å². The van der Waals surface area contributed by atoms with Gasteiger partial charge in [0.15, 0.2) is 5.16 Å². The lowest BCUT2D eigenvalue weighted by Gasteiger charge is -2.17. The molecule has 1 fully saturated rings. The normalized spacial score (nSPS) is 18.8. The van der Waals surface area contributed by atoms with Crippen molar-refractivity contribution in [3.8, 4) is 6.07 Å². The molecule has 0 radical (unpaired) electrons. The van der Waals surface area contributed by atoms with Gasteiger partial charge in [-0.05, 0) is 50.5 Å². The third kappa shape index (κ3) is 3.76. The number of rotatable bonds is 6. The number of aromatic nitrogens is 3. The summed E-state index contributed by atoms with van der Waals surface area (Å²) in [5.41, 5.74) is 1.80. The first kappa shape index (κ1) is 18.5. The van der Waals surface area contributed by atoms with Crippen LogP contribution in [-0.2, 0) is 24.2 Å². The van der Waals surface area contributed by atoms with Crippen molar-refractivity contribution in [1.82, 2.24) is 14.8 Å². The fraction of sp³-hybridized carbons (Fsp3) is 0.579. The van der Waals surface area contributed by atoms with Gasteiger partial charge in [0.1, 0.15) is 16.9 Å². The van der Waals surface area contributed by atoms with E-state index < -0.39 is 0 Å². The molecule has 2 aliphatic carbocycles. The molecule has 142 valence electrons. The van der Waals surface area contributed by atoms with E-state index in [0.717, 1.165) is 42.4 Å². The molecule has 0 bridgehead atoms. The van der Waals surface area contributed by atoms with Crippen LogP contribution >= 0.6 is 23.1 Å². The van der Waals surface area contributed by atoms with Gasteiger partial charge in [-0.25, -0.2) is 0 Å². The molecule has 1 unspecified atom stereocenters. The maximum Gasteiger partial charge on any atom is 0.235 e. The topological polar surface area (TPSA) is 83.6 Å². The lowest BCUT2D eigenvalue weighted by atomic mass is 9.89. The minimum atomic E-state index is -0.0956. The Morgan fingerprint density at radius 1 is 1.41 bits per heavy atom. The zero-order valence-electron chi connectivity index (χ0n) is 15.6. The summed E-state index contributed by atoms with van der Waals surface area (Å²) in [7, 11) is 0. The SMILES string of the molecule is CCn1c(SCC(=O)Nc2sc3c(c2C#N)CCC(C)C3)nnc1C1CC1. The Kier molecular flexibility index (Phi) is 5.24. The number of carbonyl (C=O) groups is 1. The second-order valence-corrected chi connectivity index (χ2v) is 9.41. The summed E-state index contributed by atoms with van der Waals surface area (Å²) < 4.78 is 2.11. The zero-order chi connectivity index (χ0) is 19.0. The fourth-order valence-electron chi connectivity index (χ4n) is 3.60. The molecule has 0 aromatic carbocycles. The number of amides is 1. The van der Waals surface area contributed by atoms with Crippen molar-refractivity contribution in [2.24, 2.45) is 5.92 Å². The van der Waals surface area contributed by atoms with Crippen molar-refractivity contribution in [3.05, 3.63) is 21.8 Å². The van der Waals surface area contributed by atoms with Crippen LogP contribution in [-0.4, -0.2) is 26.4 Å². The number of fused-ring (bicyclic) bond motifs is 1. The molecule has 0 spiro atoms. The minimum Gasteiger partial charge on any atom is -0.316 e. The molecule has 0 aliphatic heterocycles. The van der Waals surface area contributed by atoms with Crippen molar-refractivity contribution in [2.75, 3.05) is 11.1 Å². The van der Waals surface area contributed by atoms with Crippen molar-refractivity contribution < 1.29 is 4.79 Å². The highest BCUT2D eigenvalue weighted by atomic mass is 32.2. The third-order valence-corrected chi connectivity index (χ3v) is 7.35. The summed E-state index contributed by atoms with van der Waals surface area (Å²) in [5, 5.41) is 22.6. The van der Waals surface area contributed by atoms with Gasteiger partial charge < -0.3 is 9.88 Å². The number of hydrogen-bond acceptors (Lipinski definition) is 6. The maximum atomic E-state index is 12.5. The van der Waals surface area contributed by atoms with E-state index in [1.54, 1.807) is 11.3 Å². The molecule has 1 saturated carbocycles. The first-order valence-electron chi connectivity index (χ1n) is 9.51. The number of carbonyl (C=O) groups excluding carboxylic acids is 1. The molecular weight excluding hydrogens is 378 g/mol. The Morgan fingerprint density at radius 3 is 2.93 bits per heavy atom. The van der Waals surface area contributed by atoms with Gasteiger partial charge in [-0.1, -0.05) is 18.7 Å². The van der Waals surface area contributed by atoms with E-state index in [1.165, 1.54) is 29.5 Å². The Hall–Kier alpha value is -1.85. The molecule has 4 rings (SSSR count). The van der Waals surface area contributed by atoms with Gasteiger partial charge >= 0.3 is 0 Å². The van der Waals surface area contributed by atoms with Gasteiger partial charge in [0.05, 0.1) is 11.3 Å². The highest BCUT2D eigenvalue weighted by Gasteiger charge is 2.30. The highest BCUT2D eigenvalue weighted by molar-refractivity contribution is 7.99. The van der Waals surface area contributed by atoms with Crippen molar-refractivity contribution in [3.63, 3.8) is 0 Å². The number of nitrogens with one attached hydrogen (secondary N) is 1. The zero-order valence-corrected chi connectivity index (χ0v) is 17.3. The monoisotopic (exact) mass is 401 g/mol. The van der Waals surface area contributed by atoms with Gasteiger partial charge in [-0.3, -0.25) is 4.79 Å². The van der Waals surface area contributed by atoms with Gasteiger partial charge in [-0.2, -0.15) is 5.26 Å². The van der Waals surface area contributed by atoms with Gasteiger partial charge in [0.2, 0.25) is 5.91 Å². The molecule has 8 heteroatoms. The van der Waals surface area contributed by atoms with Gasteiger partial charge in [0.25, 0.3) is 0 Å². The van der Waals surface area contributed by atoms with Crippen molar-refractivity contribution in [2.45, 2.75) is 63.6 Å². The Balaban J connectivity index is 1.42. The summed E-state index contributed by atoms with van der Waals surface area (Å²) in [6.45, 7) is 5.14. The van der Waals surface area contributed by atoms with Gasteiger partial charge in [0, 0.05) is 17.3 Å². The molecule has 1 amide bonds. The van der Waals surface area contributed by atoms with Crippen LogP contribution in [0.15, 0.2) is 5.16 Å². The number of anilines is 1. The molecule has 2 aromatic heterocycles. The molecular formula is C19H23N5OS2. The minimum absolute atomic E-state index is 0.0956. The Labute approximate surface area is 167 Å². The molecule has 1 N–H and O–H groups in total. The second kappa shape index (κ2) is 7.64. The average molecular weight is 402 g/mol. The predicted octanol–water partition coefficient (Wildman–Crippen LogP) is 3.96. The third-order valence-electron chi connectivity index (χ3n) is 5.21. The number of nitrogens with zero attached hydrogens (tertiary/aromatic N) is 4. The predicted molar refractivity (Wildman–Crippen MR) is 107 cm³/mol. The van der Waals surface area contributed by atoms with E-state index in [4.69, 9.17) is 0 Å². The van der Waals surface area contributed by atoms with E-state index >= 15 is 0 Å². The average Bonchev–Trinajstić information content (AvgIpc) is 3.32. The number of thiophene rings is 1. The van der Waals surface area contributed by atoms with Crippen molar-refractivity contribution >= 4 is 34.0 Å². The standard InChI is InChI=1S/C19H23N5OS2/c1-3-24-17(12-5-6-12)22-23-19(24)26-10-16(25)21-18-14(9-20)13-7-4-11(2)8-15(13)27-18/h11-12H,3-8,10H2,1-2H3,(H,21,25). The quantitative estimate of drug-likeness (QED) is 0.741. The van der Waals surface area contributed by atoms with Crippen molar-refractivity contribution in [1.29, 1.82) is 5.26 Å². The van der Waals surface area contributed by atoms with Crippen LogP contribution in [0, 0.1) is 17.2 Å². The molecule has 27 heavy (non-hydrogen) atoms. The lowest BCUT2D eigenvalue weighted by molar-refractivity contribution is -0.113. The Bertz CT molecular complexity index is 906. The summed E-state index contributed by atoms with van der Waals surface area (Å²) >= 11 is 2.98. The van der Waals surface area contributed by atoms with Crippen LogP contribution < -0.4 is 5.32 Å². The van der Waals surface area contributed by atoms with Crippen LogP contribution in [0.5, 0.6) is 0 Å². The Morgan fingerprint density at radius 2 is 2.22 bits per heavy atom. The maximum absolute atomic E-state index is 12.5. The molecule has 0 saturated heterocycles. The van der Waals surface area contributed by atoms with E-state index in [1.807, 2.05) is 0 Å². The van der Waals surface area contributed by atoms with E-state index in [0.29, 0.717) is 22.4 Å². The number of thioether (sulfide) groups is 1. The van der Waals surface area contributed by atoms with Crippen LogP contribution in [0.4, 0.5) is 5.00 Å². The smallest absolute Gasteiger partial charge is 0.235 e. The van der Waals surface area contributed by atoms with E-state index in [-0.39, 0.29) is 11.7 Å². The summed E-state index contributed by atoms with van der Waals surface area (Å²) in [6, 6.07) is 2.30. The van der Waals surface area contributed by atoms with Gasteiger partial charge in [-0.15, -0.1) is 21.5 Å². The first-order chi connectivity index (χ1) is 13.1. The van der Waals surface area contributed by atoms with E-state index in [9.17, 15) is 10.1 Å². The molecule has 6 nitrogen and oxygen atoms in total. The molecule has 1 atom stereocenters. The largest absolute Gasteiger partial charge is 0.316 e. The molecule has 2 heterocycles. The lowest BCUT2D eigenvalue weighted by Crippen LogP contribution is -2.15. The summed E-state index contributed by atoms with van der Waals surface area (Å²) in [5.74, 6) is 2.41. The van der Waals surface area contributed by atoms with E-state index in [2.05, 4.69) is 40.0 Å². The highest BCUT2D eigenvalue weighted by Crippen LogP contribution is 2.40. The van der Waals surface area contributed by atoms with Crippen LogP contribution in [0.25, 0.3) is 0 Å². The second-order valence-electron chi connectivity index (χ2n) is 7.36.